The topological polar surface area (TPSA) is 228 Å². The fourth-order valence-corrected chi connectivity index (χ4v) is 5.57. The van der Waals surface area contributed by atoms with Crippen molar-refractivity contribution in [2.45, 2.75) is 148 Å². The van der Waals surface area contributed by atoms with Gasteiger partial charge in [-0.1, -0.05) is 96.8 Å². The Balaban J connectivity index is 3.65. The van der Waals surface area contributed by atoms with E-state index in [9.17, 15) is 33.9 Å². The third-order valence-electron chi connectivity index (χ3n) is 8.79. The predicted octanol–water partition coefficient (Wildman–Crippen LogP) is 4.27. The molecule has 0 heterocycles. The zero-order valence-corrected chi connectivity index (χ0v) is 34.2. The highest BCUT2D eigenvalue weighted by molar-refractivity contribution is 5.84. The number of hydrogen-bond donors (Lipinski definition) is 6. The number of amides is 4. The fraction of sp³-hybridized carbons (Fsp3) is 0.850. The summed E-state index contributed by atoms with van der Waals surface area (Å²) in [7, 11) is 0. The summed E-state index contributed by atoms with van der Waals surface area (Å²) in [5.41, 5.74) is 0. The van der Waals surface area contributed by atoms with E-state index in [1.54, 1.807) is 0 Å². The van der Waals surface area contributed by atoms with Crippen molar-refractivity contribution in [1.29, 1.82) is 0 Å². The maximum atomic E-state index is 12.3. The number of nitrogens with one attached hydrogen (secondary N) is 4. The smallest absolute Gasteiger partial charge is 0.326 e. The van der Waals surface area contributed by atoms with E-state index < -0.39 is 18.0 Å². The number of carbonyl (C=O) groups excluding carboxylic acids is 4. The van der Waals surface area contributed by atoms with E-state index in [1.165, 1.54) is 44.9 Å². The SMILES string of the molecule is CCCCCNC(=O)COCCOCCNC(=O)COCCOCCNC(=O)CC[C@H](NC(=O)CCCCCCCCCCCCCCCCC(=O)O)C(=O)O. The number of ether oxygens (including phenoxy) is 4. The molecule has 0 saturated carbocycles. The van der Waals surface area contributed by atoms with Crippen LogP contribution in [-0.4, -0.2) is 124 Å². The Labute approximate surface area is 334 Å². The van der Waals surface area contributed by atoms with Crippen molar-refractivity contribution in [3.8, 4) is 0 Å². The first-order valence-electron chi connectivity index (χ1n) is 21.0. The van der Waals surface area contributed by atoms with Gasteiger partial charge in [-0.05, 0) is 25.7 Å². The molecule has 0 bridgehead atoms. The molecule has 4 amide bonds. The van der Waals surface area contributed by atoms with Crippen LogP contribution in [0.1, 0.15) is 142 Å². The van der Waals surface area contributed by atoms with Gasteiger partial charge in [-0.15, -0.1) is 0 Å². The molecule has 6 N–H and O–H groups in total. The summed E-state index contributed by atoms with van der Waals surface area (Å²) in [6, 6.07) is -1.13. The number of carboxylic acid groups (broad SMARTS) is 2. The molecule has 1 atom stereocenters. The molecule has 16 nitrogen and oxygen atoms in total. The van der Waals surface area contributed by atoms with Gasteiger partial charge < -0.3 is 50.4 Å². The second-order valence-electron chi connectivity index (χ2n) is 13.9. The number of hydrogen-bond acceptors (Lipinski definition) is 10. The zero-order chi connectivity index (χ0) is 41.3. The molecule has 0 radical (unpaired) electrons. The molecule has 0 saturated heterocycles. The van der Waals surface area contributed by atoms with Crippen LogP contribution >= 0.6 is 0 Å². The second kappa shape index (κ2) is 39.9. The van der Waals surface area contributed by atoms with E-state index in [0.29, 0.717) is 32.7 Å². The molecule has 16 heteroatoms. The predicted molar refractivity (Wildman–Crippen MR) is 212 cm³/mol. The summed E-state index contributed by atoms with van der Waals surface area (Å²) >= 11 is 0. The number of rotatable bonds is 42. The summed E-state index contributed by atoms with van der Waals surface area (Å²) in [4.78, 5) is 70.0. The first-order chi connectivity index (χ1) is 27.1. The summed E-state index contributed by atoms with van der Waals surface area (Å²) in [6.07, 6.45) is 18.7. The molecule has 0 aromatic heterocycles. The average Bonchev–Trinajstić information content (AvgIpc) is 3.16. The van der Waals surface area contributed by atoms with E-state index in [0.717, 1.165) is 57.8 Å². The quantitative estimate of drug-likeness (QED) is 0.0476. The van der Waals surface area contributed by atoms with Crippen molar-refractivity contribution in [1.82, 2.24) is 21.3 Å². The van der Waals surface area contributed by atoms with Crippen molar-refractivity contribution in [2.75, 3.05) is 72.5 Å². The maximum Gasteiger partial charge on any atom is 0.326 e. The molecule has 0 aromatic carbocycles. The first-order valence-corrected chi connectivity index (χ1v) is 21.0. The molecule has 0 aliphatic carbocycles. The van der Waals surface area contributed by atoms with Crippen molar-refractivity contribution < 1.29 is 57.9 Å². The van der Waals surface area contributed by atoms with Crippen LogP contribution in [0.15, 0.2) is 0 Å². The van der Waals surface area contributed by atoms with Crippen molar-refractivity contribution >= 4 is 35.6 Å². The van der Waals surface area contributed by atoms with Crippen LogP contribution in [0.2, 0.25) is 0 Å². The summed E-state index contributed by atoms with van der Waals surface area (Å²) in [6.45, 7) is 4.64. The molecule has 0 aliphatic rings. The lowest BCUT2D eigenvalue weighted by molar-refractivity contribution is -0.142. The highest BCUT2D eigenvalue weighted by Gasteiger charge is 2.20. The monoisotopic (exact) mass is 803 g/mol. The van der Waals surface area contributed by atoms with Gasteiger partial charge in [0.1, 0.15) is 19.3 Å². The van der Waals surface area contributed by atoms with Crippen LogP contribution in [0.5, 0.6) is 0 Å². The zero-order valence-electron chi connectivity index (χ0n) is 34.2. The fourth-order valence-electron chi connectivity index (χ4n) is 5.57. The van der Waals surface area contributed by atoms with Gasteiger partial charge in [-0.3, -0.25) is 24.0 Å². The lowest BCUT2D eigenvalue weighted by atomic mass is 10.0. The summed E-state index contributed by atoms with van der Waals surface area (Å²) in [5.74, 6) is -3.00. The van der Waals surface area contributed by atoms with Crippen molar-refractivity contribution in [3.63, 3.8) is 0 Å². The molecule has 0 unspecified atom stereocenters. The highest BCUT2D eigenvalue weighted by atomic mass is 16.5. The van der Waals surface area contributed by atoms with E-state index in [-0.39, 0.29) is 95.5 Å². The van der Waals surface area contributed by atoms with Crippen LogP contribution in [0.25, 0.3) is 0 Å². The third-order valence-corrected chi connectivity index (χ3v) is 8.79. The minimum Gasteiger partial charge on any atom is -0.481 e. The lowest BCUT2D eigenvalue weighted by Gasteiger charge is -2.14. The Bertz CT molecular complexity index is 1030. The average molecular weight is 803 g/mol. The van der Waals surface area contributed by atoms with Crippen LogP contribution < -0.4 is 21.3 Å². The standard InChI is InChI=1S/C40H74N4O12/c1-2-3-18-23-41-37(47)32-55-30-29-54-27-25-43-38(48)33-56-31-28-53-26-24-42-35(45)22-21-34(40(51)52)44-36(46)19-16-14-12-10-8-6-4-5-7-9-11-13-15-17-20-39(49)50/h34H,2-33H2,1H3,(H,41,47)(H,42,45)(H,43,48)(H,44,46)(H,49,50)(H,51,52)/t34-/m0/s1. The third kappa shape index (κ3) is 38.9. The molecule has 0 fully saturated rings. The molecular weight excluding hydrogens is 728 g/mol. The number of unbranched alkanes of at least 4 members (excludes halogenated alkanes) is 15. The Hall–Kier alpha value is -3.34. The van der Waals surface area contributed by atoms with Gasteiger partial charge in [-0.2, -0.15) is 0 Å². The van der Waals surface area contributed by atoms with Crippen LogP contribution in [-0.2, 0) is 47.7 Å². The number of carbonyl (C=O) groups is 6. The van der Waals surface area contributed by atoms with Crippen LogP contribution in [0.4, 0.5) is 0 Å². The van der Waals surface area contributed by atoms with Crippen LogP contribution in [0, 0.1) is 0 Å². The number of carboxylic acids is 2. The normalized spacial score (nSPS) is 11.5. The molecule has 0 spiro atoms. The summed E-state index contributed by atoms with van der Waals surface area (Å²) in [5, 5.41) is 28.8. The second-order valence-corrected chi connectivity index (χ2v) is 13.9. The van der Waals surface area contributed by atoms with E-state index >= 15 is 0 Å². The van der Waals surface area contributed by atoms with Gasteiger partial charge in [0, 0.05) is 38.9 Å². The van der Waals surface area contributed by atoms with Gasteiger partial charge in [0.05, 0.1) is 39.6 Å². The van der Waals surface area contributed by atoms with Crippen molar-refractivity contribution in [3.05, 3.63) is 0 Å². The van der Waals surface area contributed by atoms with Gasteiger partial charge in [0.2, 0.25) is 23.6 Å². The molecule has 56 heavy (non-hydrogen) atoms. The highest BCUT2D eigenvalue weighted by Crippen LogP contribution is 2.14. The minimum absolute atomic E-state index is 0.00718. The van der Waals surface area contributed by atoms with Gasteiger partial charge in [-0.25, -0.2) is 4.79 Å². The van der Waals surface area contributed by atoms with E-state index in [4.69, 9.17) is 24.1 Å². The Morgan fingerprint density at radius 1 is 0.446 bits per heavy atom. The maximum absolute atomic E-state index is 12.3. The van der Waals surface area contributed by atoms with Gasteiger partial charge in [0.15, 0.2) is 0 Å². The summed E-state index contributed by atoms with van der Waals surface area (Å²) < 4.78 is 21.3. The lowest BCUT2D eigenvalue weighted by Crippen LogP contribution is -2.41. The largest absolute Gasteiger partial charge is 0.481 e. The molecular formula is C40H74N4O12. The molecule has 0 aliphatic heterocycles. The Morgan fingerprint density at radius 3 is 1.34 bits per heavy atom. The Morgan fingerprint density at radius 2 is 0.875 bits per heavy atom. The van der Waals surface area contributed by atoms with Gasteiger partial charge in [0.25, 0.3) is 0 Å². The molecule has 0 rings (SSSR count). The van der Waals surface area contributed by atoms with Crippen LogP contribution in [0.3, 0.4) is 0 Å². The van der Waals surface area contributed by atoms with E-state index in [1.807, 2.05) is 0 Å². The van der Waals surface area contributed by atoms with Gasteiger partial charge >= 0.3 is 11.9 Å². The van der Waals surface area contributed by atoms with Crippen molar-refractivity contribution in [2.24, 2.45) is 0 Å². The first kappa shape index (κ1) is 52.7. The Kier molecular flexibility index (Phi) is 37.5. The molecule has 326 valence electrons. The number of aliphatic carboxylic acids is 2. The molecule has 0 aromatic rings. The van der Waals surface area contributed by atoms with E-state index in [2.05, 4.69) is 28.2 Å². The minimum atomic E-state index is -1.18.